The smallest absolute Gasteiger partial charge is 0.315 e. The van der Waals surface area contributed by atoms with Gasteiger partial charge in [-0.1, -0.05) is 16.3 Å². The first kappa shape index (κ1) is 10.9. The topological polar surface area (TPSA) is 89.9 Å². The molecule has 7 nitrogen and oxygen atoms in total. The zero-order valence-corrected chi connectivity index (χ0v) is 10.3. The fraction of sp³-hybridized carbons (Fsp3) is 0.200. The molecule has 3 aromatic heterocycles. The van der Waals surface area contributed by atoms with Gasteiger partial charge in [0.25, 0.3) is 5.89 Å². The predicted octanol–water partition coefficient (Wildman–Crippen LogP) is 2.10. The second-order valence-electron chi connectivity index (χ2n) is 3.47. The van der Waals surface area contributed by atoms with Crippen LogP contribution in [-0.4, -0.2) is 20.3 Å². The second-order valence-corrected chi connectivity index (χ2v) is 4.42. The molecule has 3 rings (SSSR count). The van der Waals surface area contributed by atoms with Crippen LogP contribution in [0.15, 0.2) is 26.5 Å². The molecule has 0 bridgehead atoms. The van der Waals surface area contributed by atoms with Gasteiger partial charge >= 0.3 is 6.01 Å². The van der Waals surface area contributed by atoms with Crippen LogP contribution < -0.4 is 5.32 Å². The van der Waals surface area contributed by atoms with Crippen LogP contribution in [0.4, 0.5) is 6.01 Å². The van der Waals surface area contributed by atoms with E-state index in [9.17, 15) is 0 Å². The highest BCUT2D eigenvalue weighted by molar-refractivity contribution is 7.13. The van der Waals surface area contributed by atoms with E-state index in [0.717, 1.165) is 4.88 Å². The van der Waals surface area contributed by atoms with E-state index in [1.54, 1.807) is 18.3 Å². The lowest BCUT2D eigenvalue weighted by atomic mass is 10.5. The summed E-state index contributed by atoms with van der Waals surface area (Å²) in [5.41, 5.74) is 0. The molecule has 0 spiro atoms. The quantitative estimate of drug-likeness (QED) is 0.770. The van der Waals surface area contributed by atoms with Gasteiger partial charge < -0.3 is 14.3 Å². The molecule has 0 unspecified atom stereocenters. The lowest BCUT2D eigenvalue weighted by Crippen LogP contribution is -2.01. The molecule has 18 heavy (non-hydrogen) atoms. The Morgan fingerprint density at radius 1 is 1.39 bits per heavy atom. The Bertz CT molecular complexity index is 630. The lowest BCUT2D eigenvalue weighted by molar-refractivity contribution is 0.424. The van der Waals surface area contributed by atoms with Crippen molar-refractivity contribution in [3.05, 3.63) is 29.2 Å². The monoisotopic (exact) mass is 263 g/mol. The Morgan fingerprint density at radius 3 is 3.06 bits per heavy atom. The van der Waals surface area contributed by atoms with E-state index in [2.05, 4.69) is 25.7 Å². The van der Waals surface area contributed by atoms with Crippen molar-refractivity contribution >= 4 is 17.4 Å². The maximum atomic E-state index is 5.17. The van der Waals surface area contributed by atoms with Crippen molar-refractivity contribution in [3.8, 4) is 10.8 Å². The number of aromatic nitrogens is 4. The molecule has 0 amide bonds. The van der Waals surface area contributed by atoms with Crippen molar-refractivity contribution in [2.24, 2.45) is 0 Å². The van der Waals surface area contributed by atoms with Crippen LogP contribution in [0.25, 0.3) is 10.8 Å². The minimum absolute atomic E-state index is 0.343. The third-order valence-electron chi connectivity index (χ3n) is 2.12. The summed E-state index contributed by atoms with van der Waals surface area (Å²) in [5, 5.41) is 16.2. The third-order valence-corrected chi connectivity index (χ3v) is 2.98. The van der Waals surface area contributed by atoms with E-state index in [1.807, 2.05) is 17.5 Å². The van der Waals surface area contributed by atoms with Gasteiger partial charge in [0.05, 0.1) is 11.4 Å². The van der Waals surface area contributed by atoms with E-state index in [1.165, 1.54) is 0 Å². The number of anilines is 1. The summed E-state index contributed by atoms with van der Waals surface area (Å²) >= 11 is 1.55. The summed E-state index contributed by atoms with van der Waals surface area (Å²) in [6, 6.07) is 4.20. The van der Waals surface area contributed by atoms with Crippen LogP contribution in [0.2, 0.25) is 0 Å². The van der Waals surface area contributed by atoms with Gasteiger partial charge in [-0.2, -0.15) is 4.98 Å². The molecular weight excluding hydrogens is 254 g/mol. The fourth-order valence-corrected chi connectivity index (χ4v) is 1.99. The molecule has 0 atom stereocenters. The van der Waals surface area contributed by atoms with E-state index < -0.39 is 0 Å². The van der Waals surface area contributed by atoms with Gasteiger partial charge in [0.2, 0.25) is 5.89 Å². The van der Waals surface area contributed by atoms with Gasteiger partial charge in [-0.15, -0.1) is 16.4 Å². The maximum Gasteiger partial charge on any atom is 0.315 e. The summed E-state index contributed by atoms with van der Waals surface area (Å²) in [6.45, 7) is 2.10. The minimum Gasteiger partial charge on any atom is -0.408 e. The summed E-state index contributed by atoms with van der Waals surface area (Å²) in [5.74, 6) is 1.56. The van der Waals surface area contributed by atoms with E-state index in [-0.39, 0.29) is 0 Å². The largest absolute Gasteiger partial charge is 0.408 e. The van der Waals surface area contributed by atoms with Gasteiger partial charge in [0, 0.05) is 6.92 Å². The van der Waals surface area contributed by atoms with Crippen molar-refractivity contribution in [1.82, 2.24) is 20.3 Å². The fourth-order valence-electron chi connectivity index (χ4n) is 1.35. The van der Waals surface area contributed by atoms with Crippen molar-refractivity contribution in [1.29, 1.82) is 0 Å². The molecule has 8 heteroatoms. The number of thiophene rings is 1. The van der Waals surface area contributed by atoms with Gasteiger partial charge in [-0.05, 0) is 11.4 Å². The molecule has 0 fully saturated rings. The highest BCUT2D eigenvalue weighted by Crippen LogP contribution is 2.22. The normalized spacial score (nSPS) is 10.7. The van der Waals surface area contributed by atoms with Crippen LogP contribution in [0.1, 0.15) is 11.7 Å². The molecule has 0 aliphatic carbocycles. The molecular formula is C10H9N5O2S. The maximum absolute atomic E-state index is 5.17. The Kier molecular flexibility index (Phi) is 2.77. The molecule has 1 N–H and O–H groups in total. The Balaban J connectivity index is 1.67. The molecule has 0 aliphatic rings. The zero-order valence-electron chi connectivity index (χ0n) is 9.45. The number of rotatable bonds is 4. The molecule has 92 valence electrons. The van der Waals surface area contributed by atoms with E-state index >= 15 is 0 Å². The van der Waals surface area contributed by atoms with Crippen molar-refractivity contribution in [3.63, 3.8) is 0 Å². The first-order chi connectivity index (χ1) is 8.81. The van der Waals surface area contributed by atoms with Crippen LogP contribution >= 0.6 is 11.3 Å². The zero-order chi connectivity index (χ0) is 12.4. The van der Waals surface area contributed by atoms with Gasteiger partial charge in [0.15, 0.2) is 5.82 Å². The van der Waals surface area contributed by atoms with Crippen LogP contribution in [0.3, 0.4) is 0 Å². The van der Waals surface area contributed by atoms with Crippen molar-refractivity contribution in [2.45, 2.75) is 13.5 Å². The second kappa shape index (κ2) is 4.57. The molecule has 3 heterocycles. The molecule has 0 aliphatic heterocycles. The Hall–Kier alpha value is -2.22. The molecule has 0 radical (unpaired) electrons. The highest BCUT2D eigenvalue weighted by Gasteiger charge is 2.10. The van der Waals surface area contributed by atoms with Crippen molar-refractivity contribution in [2.75, 3.05) is 5.32 Å². The Labute approximate surface area is 106 Å². The summed E-state index contributed by atoms with van der Waals surface area (Å²) < 4.78 is 10.3. The number of hydrogen-bond donors (Lipinski definition) is 1. The van der Waals surface area contributed by atoms with E-state index in [0.29, 0.717) is 30.2 Å². The SMILES string of the molecule is Cc1nnc(NCc2noc(-c3cccs3)n2)o1. The number of nitrogens with one attached hydrogen (secondary N) is 1. The Morgan fingerprint density at radius 2 is 2.33 bits per heavy atom. The standard InChI is InChI=1S/C10H9N5O2S/c1-6-13-14-10(16-6)11-5-8-12-9(17-15-8)7-3-2-4-18-7/h2-4H,5H2,1H3,(H,11,14). The number of hydrogen-bond acceptors (Lipinski definition) is 8. The van der Waals surface area contributed by atoms with E-state index in [4.69, 9.17) is 8.94 Å². The average molecular weight is 263 g/mol. The number of aryl methyl sites for hydroxylation is 1. The summed E-state index contributed by atoms with van der Waals surface area (Å²) in [4.78, 5) is 5.20. The highest BCUT2D eigenvalue weighted by atomic mass is 32.1. The van der Waals surface area contributed by atoms with Crippen LogP contribution in [0.5, 0.6) is 0 Å². The molecule has 0 saturated carbocycles. The number of nitrogens with zero attached hydrogens (tertiary/aromatic N) is 4. The first-order valence-corrected chi connectivity index (χ1v) is 6.09. The van der Waals surface area contributed by atoms with Gasteiger partial charge in [-0.3, -0.25) is 0 Å². The van der Waals surface area contributed by atoms with Crippen LogP contribution in [0, 0.1) is 6.92 Å². The summed E-state index contributed by atoms with van der Waals surface area (Å²) in [7, 11) is 0. The first-order valence-electron chi connectivity index (χ1n) is 5.22. The average Bonchev–Trinajstić information content (AvgIpc) is 3.07. The van der Waals surface area contributed by atoms with Gasteiger partial charge in [-0.25, -0.2) is 0 Å². The molecule has 0 saturated heterocycles. The molecule has 3 aromatic rings. The van der Waals surface area contributed by atoms with Gasteiger partial charge in [0.1, 0.15) is 0 Å². The lowest BCUT2D eigenvalue weighted by Gasteiger charge is -1.93. The minimum atomic E-state index is 0.343. The summed E-state index contributed by atoms with van der Waals surface area (Å²) in [6.07, 6.45) is 0. The third kappa shape index (κ3) is 2.23. The van der Waals surface area contributed by atoms with Crippen molar-refractivity contribution < 1.29 is 8.94 Å². The molecule has 0 aromatic carbocycles. The van der Waals surface area contributed by atoms with Crippen LogP contribution in [-0.2, 0) is 6.54 Å². The predicted molar refractivity (Wildman–Crippen MR) is 64.0 cm³/mol.